The van der Waals surface area contributed by atoms with E-state index in [1.54, 1.807) is 7.11 Å². The first-order valence-corrected chi connectivity index (χ1v) is 5.53. The molecule has 4 heteroatoms. The second-order valence-corrected chi connectivity index (χ2v) is 4.22. The van der Waals surface area contributed by atoms with Crippen molar-refractivity contribution in [2.45, 2.75) is 19.4 Å². The van der Waals surface area contributed by atoms with Crippen LogP contribution in [0, 0.1) is 16.7 Å². The highest BCUT2D eigenvalue weighted by Gasteiger charge is 2.50. The molecule has 0 bridgehead atoms. The van der Waals surface area contributed by atoms with E-state index >= 15 is 0 Å². The summed E-state index contributed by atoms with van der Waals surface area (Å²) in [6.45, 7) is 0.451. The minimum Gasteiger partial charge on any atom is -0.497 e. The highest BCUT2D eigenvalue weighted by atomic mass is 16.5. The number of amides is 1. The van der Waals surface area contributed by atoms with Crippen LogP contribution in [-0.4, -0.2) is 13.0 Å². The fourth-order valence-electron chi connectivity index (χ4n) is 1.61. The van der Waals surface area contributed by atoms with E-state index in [1.807, 2.05) is 24.3 Å². The Balaban J connectivity index is 1.90. The van der Waals surface area contributed by atoms with Gasteiger partial charge in [-0.25, -0.2) is 0 Å². The normalized spacial score (nSPS) is 15.8. The maximum atomic E-state index is 11.7. The van der Waals surface area contributed by atoms with Crippen LogP contribution in [0.3, 0.4) is 0 Å². The van der Waals surface area contributed by atoms with Crippen molar-refractivity contribution in [2.75, 3.05) is 7.11 Å². The molecule has 1 aliphatic carbocycles. The van der Waals surface area contributed by atoms with Gasteiger partial charge in [0, 0.05) is 6.54 Å². The lowest BCUT2D eigenvalue weighted by atomic mass is 10.1. The molecular formula is C13H14N2O2. The lowest BCUT2D eigenvalue weighted by molar-refractivity contribution is -0.124. The molecule has 1 saturated carbocycles. The average Bonchev–Trinajstić information content (AvgIpc) is 3.17. The monoisotopic (exact) mass is 230 g/mol. The number of methoxy groups -OCH3 is 1. The summed E-state index contributed by atoms with van der Waals surface area (Å²) in [6.07, 6.45) is 1.36. The van der Waals surface area contributed by atoms with Gasteiger partial charge < -0.3 is 10.1 Å². The van der Waals surface area contributed by atoms with Gasteiger partial charge in [0.2, 0.25) is 5.91 Å². The van der Waals surface area contributed by atoms with E-state index < -0.39 is 5.41 Å². The van der Waals surface area contributed by atoms with Gasteiger partial charge in [0.1, 0.15) is 11.2 Å². The van der Waals surface area contributed by atoms with Crippen molar-refractivity contribution >= 4 is 5.91 Å². The molecule has 88 valence electrons. The van der Waals surface area contributed by atoms with Gasteiger partial charge >= 0.3 is 0 Å². The highest BCUT2D eigenvalue weighted by Crippen LogP contribution is 2.44. The molecule has 1 aromatic carbocycles. The third-order valence-electron chi connectivity index (χ3n) is 3.01. The van der Waals surface area contributed by atoms with Crippen molar-refractivity contribution in [3.05, 3.63) is 29.8 Å². The minimum atomic E-state index is -0.744. The van der Waals surface area contributed by atoms with Crippen LogP contribution in [0.15, 0.2) is 24.3 Å². The summed E-state index contributed by atoms with van der Waals surface area (Å²) in [5.41, 5.74) is 0.250. The SMILES string of the molecule is COc1ccc(CNC(=O)C2(C#N)CC2)cc1. The van der Waals surface area contributed by atoms with E-state index in [9.17, 15) is 4.79 Å². The first kappa shape index (κ1) is 11.5. The highest BCUT2D eigenvalue weighted by molar-refractivity contribution is 5.88. The zero-order valence-corrected chi connectivity index (χ0v) is 9.69. The zero-order chi connectivity index (χ0) is 12.3. The van der Waals surface area contributed by atoms with Crippen molar-refractivity contribution < 1.29 is 9.53 Å². The van der Waals surface area contributed by atoms with Gasteiger partial charge in [-0.1, -0.05) is 12.1 Å². The van der Waals surface area contributed by atoms with Crippen LogP contribution in [0.1, 0.15) is 18.4 Å². The number of rotatable bonds is 4. The summed E-state index contributed by atoms with van der Waals surface area (Å²) in [5, 5.41) is 11.7. The summed E-state index contributed by atoms with van der Waals surface area (Å²) >= 11 is 0. The third kappa shape index (κ3) is 2.39. The van der Waals surface area contributed by atoms with Gasteiger partial charge in [0.05, 0.1) is 13.2 Å². The number of hydrogen-bond donors (Lipinski definition) is 1. The van der Waals surface area contributed by atoms with E-state index in [4.69, 9.17) is 10.00 Å². The lowest BCUT2D eigenvalue weighted by Gasteiger charge is -2.08. The summed E-state index contributed by atoms with van der Waals surface area (Å²) in [6, 6.07) is 9.55. The second kappa shape index (κ2) is 4.46. The number of hydrogen-bond acceptors (Lipinski definition) is 3. The number of carbonyl (C=O) groups is 1. The molecule has 1 aliphatic rings. The molecule has 0 aliphatic heterocycles. The largest absolute Gasteiger partial charge is 0.497 e. The molecule has 1 amide bonds. The maximum absolute atomic E-state index is 11.7. The number of ether oxygens (including phenoxy) is 1. The Morgan fingerprint density at radius 3 is 2.59 bits per heavy atom. The smallest absolute Gasteiger partial charge is 0.240 e. The molecule has 4 nitrogen and oxygen atoms in total. The number of benzene rings is 1. The van der Waals surface area contributed by atoms with Gasteiger partial charge in [-0.15, -0.1) is 0 Å². The molecule has 17 heavy (non-hydrogen) atoms. The van der Waals surface area contributed by atoms with Gasteiger partial charge in [-0.2, -0.15) is 5.26 Å². The molecule has 0 atom stereocenters. The molecule has 1 aromatic rings. The Hall–Kier alpha value is -2.02. The fraction of sp³-hybridized carbons (Fsp3) is 0.385. The van der Waals surface area contributed by atoms with Gasteiger partial charge in [-0.05, 0) is 30.5 Å². The van der Waals surface area contributed by atoms with E-state index in [0.717, 1.165) is 11.3 Å². The number of nitrogens with zero attached hydrogens (tertiary/aromatic N) is 1. The van der Waals surface area contributed by atoms with Gasteiger partial charge in [0.25, 0.3) is 0 Å². The van der Waals surface area contributed by atoms with Crippen molar-refractivity contribution in [3.63, 3.8) is 0 Å². The third-order valence-corrected chi connectivity index (χ3v) is 3.01. The number of nitriles is 1. The first-order chi connectivity index (χ1) is 8.20. The molecule has 0 heterocycles. The molecule has 0 saturated heterocycles. The topological polar surface area (TPSA) is 62.1 Å². The molecule has 0 spiro atoms. The quantitative estimate of drug-likeness (QED) is 0.854. The predicted octanol–water partition coefficient (Wildman–Crippen LogP) is 1.62. The van der Waals surface area contributed by atoms with E-state index in [0.29, 0.717) is 19.4 Å². The Morgan fingerprint density at radius 1 is 1.47 bits per heavy atom. The Bertz CT molecular complexity index is 455. The van der Waals surface area contributed by atoms with Crippen LogP contribution < -0.4 is 10.1 Å². The molecule has 0 aromatic heterocycles. The summed E-state index contributed by atoms with van der Waals surface area (Å²) < 4.78 is 5.05. The fourth-order valence-corrected chi connectivity index (χ4v) is 1.61. The first-order valence-electron chi connectivity index (χ1n) is 5.53. The van der Waals surface area contributed by atoms with Crippen LogP contribution in [0.25, 0.3) is 0 Å². The van der Waals surface area contributed by atoms with Crippen molar-refractivity contribution in [1.29, 1.82) is 5.26 Å². The predicted molar refractivity (Wildman–Crippen MR) is 62.1 cm³/mol. The van der Waals surface area contributed by atoms with Gasteiger partial charge in [-0.3, -0.25) is 4.79 Å². The molecular weight excluding hydrogens is 216 g/mol. The molecule has 0 radical (unpaired) electrons. The van der Waals surface area contributed by atoms with Crippen LogP contribution in [0.4, 0.5) is 0 Å². The standard InChI is InChI=1S/C13H14N2O2/c1-17-11-4-2-10(3-5-11)8-15-12(16)13(9-14)6-7-13/h2-5H,6-8H2,1H3,(H,15,16). The zero-order valence-electron chi connectivity index (χ0n) is 9.69. The summed E-state index contributed by atoms with van der Waals surface area (Å²) in [5.74, 6) is 0.631. The van der Waals surface area contributed by atoms with Crippen molar-refractivity contribution in [1.82, 2.24) is 5.32 Å². The lowest BCUT2D eigenvalue weighted by Crippen LogP contribution is -2.30. The average molecular weight is 230 g/mol. The molecule has 2 rings (SSSR count). The van der Waals surface area contributed by atoms with Gasteiger partial charge in [0.15, 0.2) is 0 Å². The molecule has 1 N–H and O–H groups in total. The second-order valence-electron chi connectivity index (χ2n) is 4.22. The van der Waals surface area contributed by atoms with Crippen molar-refractivity contribution in [2.24, 2.45) is 5.41 Å². The minimum absolute atomic E-state index is 0.157. The van der Waals surface area contributed by atoms with E-state index in [-0.39, 0.29) is 5.91 Å². The Kier molecular flexibility index (Phi) is 3.01. The molecule has 0 unspecified atom stereocenters. The van der Waals surface area contributed by atoms with Crippen LogP contribution in [-0.2, 0) is 11.3 Å². The maximum Gasteiger partial charge on any atom is 0.240 e. The molecule has 1 fully saturated rings. The Labute approximate surface area is 100 Å². The summed E-state index contributed by atoms with van der Waals surface area (Å²) in [7, 11) is 1.61. The van der Waals surface area contributed by atoms with Crippen LogP contribution >= 0.6 is 0 Å². The Morgan fingerprint density at radius 2 is 2.12 bits per heavy atom. The van der Waals surface area contributed by atoms with Crippen molar-refractivity contribution in [3.8, 4) is 11.8 Å². The van der Waals surface area contributed by atoms with E-state index in [2.05, 4.69) is 11.4 Å². The summed E-state index contributed by atoms with van der Waals surface area (Å²) in [4.78, 5) is 11.7. The van der Waals surface area contributed by atoms with Crippen LogP contribution in [0.2, 0.25) is 0 Å². The van der Waals surface area contributed by atoms with Crippen LogP contribution in [0.5, 0.6) is 5.75 Å². The number of nitrogens with one attached hydrogen (secondary N) is 1. The van der Waals surface area contributed by atoms with E-state index in [1.165, 1.54) is 0 Å². The number of carbonyl (C=O) groups excluding carboxylic acids is 1.